The van der Waals surface area contributed by atoms with E-state index in [0.717, 1.165) is 17.2 Å². The fraction of sp³-hybridized carbons (Fsp3) is 0.0909. The molecular weight excluding hydrogens is 379 g/mol. The van der Waals surface area contributed by atoms with Gasteiger partial charge in [0, 0.05) is 5.69 Å². The van der Waals surface area contributed by atoms with Crippen LogP contribution in [0, 0.1) is 5.82 Å². The normalized spacial score (nSPS) is 11.5. The van der Waals surface area contributed by atoms with Gasteiger partial charge in [0.2, 0.25) is 5.91 Å². The van der Waals surface area contributed by atoms with Gasteiger partial charge in [0.05, 0.1) is 11.3 Å². The van der Waals surface area contributed by atoms with E-state index in [-0.39, 0.29) is 11.3 Å². The van der Waals surface area contributed by atoms with Gasteiger partial charge in [0.1, 0.15) is 11.2 Å². The Morgan fingerprint density at radius 3 is 2.14 bits per heavy atom. The van der Waals surface area contributed by atoms with Gasteiger partial charge in [0.15, 0.2) is 0 Å². The van der Waals surface area contributed by atoms with Crippen LogP contribution in [0.5, 0.6) is 0 Å². The van der Waals surface area contributed by atoms with E-state index in [1.54, 1.807) is 12.1 Å². The lowest BCUT2D eigenvalue weighted by Gasteiger charge is -2.13. The van der Waals surface area contributed by atoms with Crippen molar-refractivity contribution in [3.63, 3.8) is 0 Å². The van der Waals surface area contributed by atoms with E-state index in [9.17, 15) is 14.0 Å². The third-order valence-electron chi connectivity index (χ3n) is 4.11. The van der Waals surface area contributed by atoms with Gasteiger partial charge < -0.3 is 10.6 Å². The van der Waals surface area contributed by atoms with Crippen molar-refractivity contribution >= 4 is 34.8 Å². The molecule has 3 aromatic rings. The molecule has 4 nitrogen and oxygen atoms in total. The number of amides is 2. The van der Waals surface area contributed by atoms with Crippen molar-refractivity contribution in [1.82, 2.24) is 0 Å². The van der Waals surface area contributed by atoms with Crippen molar-refractivity contribution in [1.29, 1.82) is 0 Å². The van der Waals surface area contributed by atoms with Crippen LogP contribution in [0.15, 0.2) is 72.8 Å². The van der Waals surface area contributed by atoms with Crippen molar-refractivity contribution in [2.24, 2.45) is 0 Å². The number of hydrogen-bond donors (Lipinski definition) is 2. The number of nitrogens with one attached hydrogen (secondary N) is 2. The lowest BCUT2D eigenvalue weighted by Crippen LogP contribution is -2.23. The predicted molar refractivity (Wildman–Crippen MR) is 110 cm³/mol. The van der Waals surface area contributed by atoms with Gasteiger partial charge in [-0.15, -0.1) is 11.6 Å². The molecule has 0 heterocycles. The van der Waals surface area contributed by atoms with Crippen molar-refractivity contribution in [2.45, 2.75) is 12.3 Å². The molecule has 0 saturated carbocycles. The van der Waals surface area contributed by atoms with Gasteiger partial charge in [-0.25, -0.2) is 4.39 Å². The second kappa shape index (κ2) is 8.67. The highest BCUT2D eigenvalue weighted by atomic mass is 35.5. The number of carbonyl (C=O) groups excluding carboxylic acids is 2. The summed E-state index contributed by atoms with van der Waals surface area (Å²) in [7, 11) is 0. The molecular formula is C22H18ClFN2O2. The van der Waals surface area contributed by atoms with Gasteiger partial charge in [-0.05, 0) is 42.3 Å². The predicted octanol–water partition coefficient (Wildman–Crippen LogP) is 5.31. The summed E-state index contributed by atoms with van der Waals surface area (Å²) in [6.45, 7) is 1.49. The Labute approximate surface area is 167 Å². The van der Waals surface area contributed by atoms with Crippen molar-refractivity contribution in [2.75, 3.05) is 10.6 Å². The lowest BCUT2D eigenvalue weighted by molar-refractivity contribution is -0.115. The summed E-state index contributed by atoms with van der Waals surface area (Å²) >= 11 is 5.74. The van der Waals surface area contributed by atoms with Crippen LogP contribution in [0.4, 0.5) is 15.8 Å². The molecule has 0 spiro atoms. The van der Waals surface area contributed by atoms with Gasteiger partial charge in [0.25, 0.3) is 5.91 Å². The van der Waals surface area contributed by atoms with Gasteiger partial charge in [-0.3, -0.25) is 9.59 Å². The molecule has 6 heteroatoms. The number of carbonyl (C=O) groups is 2. The maximum atomic E-state index is 14.3. The molecule has 0 fully saturated rings. The van der Waals surface area contributed by atoms with E-state index >= 15 is 0 Å². The van der Waals surface area contributed by atoms with Crippen LogP contribution in [-0.2, 0) is 4.79 Å². The molecule has 28 heavy (non-hydrogen) atoms. The second-order valence-corrected chi connectivity index (χ2v) is 6.82. The van der Waals surface area contributed by atoms with Crippen molar-refractivity contribution in [3.8, 4) is 11.1 Å². The van der Waals surface area contributed by atoms with E-state index in [1.165, 1.54) is 19.1 Å². The molecule has 2 N–H and O–H groups in total. The third-order valence-corrected chi connectivity index (χ3v) is 4.31. The van der Waals surface area contributed by atoms with E-state index in [2.05, 4.69) is 10.6 Å². The van der Waals surface area contributed by atoms with E-state index in [4.69, 9.17) is 11.6 Å². The average Bonchev–Trinajstić information content (AvgIpc) is 2.69. The average molecular weight is 397 g/mol. The quantitative estimate of drug-likeness (QED) is 0.574. The van der Waals surface area contributed by atoms with Crippen LogP contribution in [-0.4, -0.2) is 17.2 Å². The summed E-state index contributed by atoms with van der Waals surface area (Å²) in [6, 6.07) is 21.0. The third kappa shape index (κ3) is 4.56. The number of halogens is 2. The molecule has 0 bridgehead atoms. The fourth-order valence-electron chi connectivity index (χ4n) is 2.66. The minimum atomic E-state index is -0.815. The number of benzene rings is 3. The Balaban J connectivity index is 1.80. The monoisotopic (exact) mass is 396 g/mol. The minimum Gasteiger partial charge on any atom is -0.324 e. The molecule has 0 aliphatic heterocycles. The molecule has 0 radical (unpaired) electrons. The van der Waals surface area contributed by atoms with E-state index in [1.807, 2.05) is 42.5 Å². The molecule has 3 rings (SSSR count). The standard InChI is InChI=1S/C22H18ClFN2O2/c1-14(23)21(27)26-19-9-5-8-18(24)20(19)22(28)25-17-12-10-16(11-13-17)15-6-3-2-4-7-15/h2-14H,1H3,(H,25,28)(H,26,27). The Bertz CT molecular complexity index is 989. The highest BCUT2D eigenvalue weighted by Crippen LogP contribution is 2.24. The van der Waals surface area contributed by atoms with Crippen LogP contribution in [0.1, 0.15) is 17.3 Å². The number of anilines is 2. The number of alkyl halides is 1. The zero-order valence-electron chi connectivity index (χ0n) is 15.1. The first-order chi connectivity index (χ1) is 13.5. The van der Waals surface area contributed by atoms with Crippen LogP contribution >= 0.6 is 11.6 Å². The molecule has 0 aliphatic rings. The zero-order valence-corrected chi connectivity index (χ0v) is 15.8. The van der Waals surface area contributed by atoms with E-state index < -0.39 is 23.0 Å². The summed E-state index contributed by atoms with van der Waals surface area (Å²) in [5.41, 5.74) is 2.37. The smallest absolute Gasteiger partial charge is 0.260 e. The fourth-order valence-corrected chi connectivity index (χ4v) is 2.72. The second-order valence-electron chi connectivity index (χ2n) is 6.17. The molecule has 0 aromatic heterocycles. The highest BCUT2D eigenvalue weighted by Gasteiger charge is 2.20. The molecule has 2 amide bonds. The lowest BCUT2D eigenvalue weighted by atomic mass is 10.1. The maximum absolute atomic E-state index is 14.3. The van der Waals surface area contributed by atoms with Gasteiger partial charge in [-0.1, -0.05) is 48.5 Å². The Morgan fingerprint density at radius 2 is 1.50 bits per heavy atom. The largest absolute Gasteiger partial charge is 0.324 e. The van der Waals surface area contributed by atoms with Crippen molar-refractivity contribution < 1.29 is 14.0 Å². The highest BCUT2D eigenvalue weighted by molar-refractivity contribution is 6.32. The van der Waals surface area contributed by atoms with Crippen LogP contribution in [0.2, 0.25) is 0 Å². The molecule has 0 saturated heterocycles. The SMILES string of the molecule is CC(Cl)C(=O)Nc1cccc(F)c1C(=O)Nc1ccc(-c2ccccc2)cc1. The molecule has 3 aromatic carbocycles. The Morgan fingerprint density at radius 1 is 0.857 bits per heavy atom. The molecule has 142 valence electrons. The Kier molecular flexibility index (Phi) is 6.06. The first-order valence-electron chi connectivity index (χ1n) is 8.66. The van der Waals surface area contributed by atoms with Crippen LogP contribution < -0.4 is 10.6 Å². The first-order valence-corrected chi connectivity index (χ1v) is 9.09. The van der Waals surface area contributed by atoms with Gasteiger partial charge >= 0.3 is 0 Å². The van der Waals surface area contributed by atoms with Crippen LogP contribution in [0.3, 0.4) is 0 Å². The minimum absolute atomic E-state index is 0.0657. The number of hydrogen-bond acceptors (Lipinski definition) is 2. The summed E-state index contributed by atoms with van der Waals surface area (Å²) in [5.74, 6) is -1.92. The van der Waals surface area contributed by atoms with E-state index in [0.29, 0.717) is 5.69 Å². The molecule has 1 unspecified atom stereocenters. The number of rotatable bonds is 5. The molecule has 1 atom stereocenters. The first kappa shape index (κ1) is 19.6. The summed E-state index contributed by atoms with van der Waals surface area (Å²) in [6.07, 6.45) is 0. The van der Waals surface area contributed by atoms with Crippen molar-refractivity contribution in [3.05, 3.63) is 84.2 Å². The van der Waals surface area contributed by atoms with Crippen LogP contribution in [0.25, 0.3) is 11.1 Å². The maximum Gasteiger partial charge on any atom is 0.260 e. The zero-order chi connectivity index (χ0) is 20.1. The summed E-state index contributed by atoms with van der Waals surface area (Å²) in [4.78, 5) is 24.5. The van der Waals surface area contributed by atoms with Gasteiger partial charge in [-0.2, -0.15) is 0 Å². The molecule has 0 aliphatic carbocycles. The summed E-state index contributed by atoms with van der Waals surface area (Å²) in [5, 5.41) is 4.32. The Hall–Kier alpha value is -3.18. The topological polar surface area (TPSA) is 58.2 Å². The summed E-state index contributed by atoms with van der Waals surface area (Å²) < 4.78 is 14.3.